The molecule has 5 heteroatoms. The molecule has 0 aromatic heterocycles. The third kappa shape index (κ3) is 3.93. The summed E-state index contributed by atoms with van der Waals surface area (Å²) in [4.78, 5) is 25.0. The van der Waals surface area contributed by atoms with E-state index in [2.05, 4.69) is 10.2 Å². The predicted molar refractivity (Wildman–Crippen MR) is 71.9 cm³/mol. The Labute approximate surface area is 114 Å². The standard InChI is InChI=1S/C14H24N2O3/c17-13(18)10-12-14(19)15-8-9-16(12)11-6-4-2-1-3-5-7-11/h11-12H,1-10H2,(H,15,19)(H,17,18). The second kappa shape index (κ2) is 6.89. The Morgan fingerprint density at radius 2 is 1.84 bits per heavy atom. The van der Waals surface area contributed by atoms with Gasteiger partial charge in [-0.15, -0.1) is 0 Å². The summed E-state index contributed by atoms with van der Waals surface area (Å²) in [5.41, 5.74) is 0. The van der Waals surface area contributed by atoms with Crippen LogP contribution in [0, 0.1) is 0 Å². The maximum absolute atomic E-state index is 11.9. The molecule has 2 N–H and O–H groups in total. The van der Waals surface area contributed by atoms with Crippen LogP contribution in [0.4, 0.5) is 0 Å². The highest BCUT2D eigenvalue weighted by molar-refractivity contribution is 5.86. The van der Waals surface area contributed by atoms with Crippen LogP contribution < -0.4 is 5.32 Å². The normalized spacial score (nSPS) is 27.4. The summed E-state index contributed by atoms with van der Waals surface area (Å²) >= 11 is 0. The number of hydrogen-bond acceptors (Lipinski definition) is 3. The quantitative estimate of drug-likeness (QED) is 0.811. The van der Waals surface area contributed by atoms with Gasteiger partial charge in [-0.2, -0.15) is 0 Å². The summed E-state index contributed by atoms with van der Waals surface area (Å²) in [5, 5.41) is 11.8. The average molecular weight is 268 g/mol. The molecule has 1 amide bonds. The number of carboxylic acids is 1. The minimum absolute atomic E-state index is 0.0810. The molecule has 1 unspecified atom stereocenters. The van der Waals surface area contributed by atoms with Crippen molar-refractivity contribution < 1.29 is 14.7 Å². The van der Waals surface area contributed by atoms with Gasteiger partial charge in [-0.1, -0.05) is 32.1 Å². The van der Waals surface area contributed by atoms with Crippen LogP contribution in [0.3, 0.4) is 0 Å². The lowest BCUT2D eigenvalue weighted by atomic mass is 9.93. The second-order valence-corrected chi connectivity index (χ2v) is 5.64. The smallest absolute Gasteiger partial charge is 0.305 e. The van der Waals surface area contributed by atoms with Crippen molar-refractivity contribution in [3.63, 3.8) is 0 Å². The molecule has 1 heterocycles. The third-order valence-electron chi connectivity index (χ3n) is 4.28. The Morgan fingerprint density at radius 1 is 1.21 bits per heavy atom. The van der Waals surface area contributed by atoms with E-state index in [1.807, 2.05) is 0 Å². The number of carbonyl (C=O) groups excluding carboxylic acids is 1. The summed E-state index contributed by atoms with van der Waals surface area (Å²) in [7, 11) is 0. The van der Waals surface area contributed by atoms with Crippen molar-refractivity contribution in [3.8, 4) is 0 Å². The van der Waals surface area contributed by atoms with Gasteiger partial charge in [-0.3, -0.25) is 14.5 Å². The van der Waals surface area contributed by atoms with E-state index in [1.54, 1.807) is 0 Å². The number of carbonyl (C=O) groups is 2. The van der Waals surface area contributed by atoms with Crippen molar-refractivity contribution in [2.24, 2.45) is 0 Å². The van der Waals surface area contributed by atoms with Gasteiger partial charge >= 0.3 is 5.97 Å². The van der Waals surface area contributed by atoms with E-state index in [0.29, 0.717) is 12.6 Å². The van der Waals surface area contributed by atoms with Crippen molar-refractivity contribution in [3.05, 3.63) is 0 Å². The van der Waals surface area contributed by atoms with Crippen molar-refractivity contribution in [1.29, 1.82) is 0 Å². The van der Waals surface area contributed by atoms with E-state index < -0.39 is 12.0 Å². The van der Waals surface area contributed by atoms with Crippen LogP contribution in [0.5, 0.6) is 0 Å². The zero-order chi connectivity index (χ0) is 13.7. The van der Waals surface area contributed by atoms with Crippen LogP contribution in [-0.4, -0.2) is 47.1 Å². The van der Waals surface area contributed by atoms with Gasteiger partial charge in [0.25, 0.3) is 0 Å². The highest BCUT2D eigenvalue weighted by atomic mass is 16.4. The zero-order valence-electron chi connectivity index (χ0n) is 11.4. The number of hydrogen-bond donors (Lipinski definition) is 2. The summed E-state index contributed by atoms with van der Waals surface area (Å²) < 4.78 is 0. The molecule has 5 nitrogen and oxygen atoms in total. The Kier molecular flexibility index (Phi) is 5.19. The van der Waals surface area contributed by atoms with Crippen molar-refractivity contribution >= 4 is 11.9 Å². The lowest BCUT2D eigenvalue weighted by Crippen LogP contribution is -2.59. The fourth-order valence-corrected chi connectivity index (χ4v) is 3.31. The SMILES string of the molecule is O=C(O)CC1C(=O)NCCN1C1CCCCCCC1. The molecular formula is C14H24N2O3. The third-order valence-corrected chi connectivity index (χ3v) is 4.28. The lowest BCUT2D eigenvalue weighted by molar-refractivity contribution is -0.144. The molecule has 19 heavy (non-hydrogen) atoms. The van der Waals surface area contributed by atoms with Gasteiger partial charge in [-0.05, 0) is 12.8 Å². The number of piperazine rings is 1. The lowest BCUT2D eigenvalue weighted by Gasteiger charge is -2.40. The van der Waals surface area contributed by atoms with Gasteiger partial charge in [0.1, 0.15) is 0 Å². The van der Waals surface area contributed by atoms with E-state index in [9.17, 15) is 9.59 Å². The van der Waals surface area contributed by atoms with Crippen LogP contribution in [0.2, 0.25) is 0 Å². The maximum atomic E-state index is 11.9. The summed E-state index contributed by atoms with van der Waals surface area (Å²) in [6.45, 7) is 1.43. The number of aliphatic carboxylic acids is 1. The fourth-order valence-electron chi connectivity index (χ4n) is 3.31. The van der Waals surface area contributed by atoms with Crippen LogP contribution in [-0.2, 0) is 9.59 Å². The molecule has 1 saturated heterocycles. The molecule has 1 aliphatic carbocycles. The van der Waals surface area contributed by atoms with Gasteiger partial charge in [0.2, 0.25) is 5.91 Å². The van der Waals surface area contributed by atoms with Crippen LogP contribution in [0.25, 0.3) is 0 Å². The van der Waals surface area contributed by atoms with Crippen molar-refractivity contribution in [2.75, 3.05) is 13.1 Å². The second-order valence-electron chi connectivity index (χ2n) is 5.64. The molecule has 0 spiro atoms. The van der Waals surface area contributed by atoms with E-state index >= 15 is 0 Å². The van der Waals surface area contributed by atoms with Crippen molar-refractivity contribution in [1.82, 2.24) is 10.2 Å². The topological polar surface area (TPSA) is 69.6 Å². The Bertz CT molecular complexity index is 325. The summed E-state index contributed by atoms with van der Waals surface area (Å²) in [6.07, 6.45) is 8.35. The molecule has 2 rings (SSSR count). The van der Waals surface area contributed by atoms with Gasteiger partial charge < -0.3 is 10.4 Å². The highest BCUT2D eigenvalue weighted by Gasteiger charge is 2.35. The minimum Gasteiger partial charge on any atom is -0.481 e. The molecule has 0 radical (unpaired) electrons. The Morgan fingerprint density at radius 3 is 2.47 bits per heavy atom. The van der Waals surface area contributed by atoms with E-state index in [-0.39, 0.29) is 12.3 Å². The van der Waals surface area contributed by atoms with Crippen LogP contribution in [0.15, 0.2) is 0 Å². The van der Waals surface area contributed by atoms with Crippen molar-refractivity contribution in [2.45, 2.75) is 63.5 Å². The maximum Gasteiger partial charge on any atom is 0.305 e. The number of carboxylic acid groups (broad SMARTS) is 1. The molecule has 2 fully saturated rings. The molecule has 1 aliphatic heterocycles. The number of nitrogens with one attached hydrogen (secondary N) is 1. The predicted octanol–water partition coefficient (Wildman–Crippen LogP) is 1.37. The first-order valence-electron chi connectivity index (χ1n) is 7.44. The van der Waals surface area contributed by atoms with Gasteiger partial charge in [0, 0.05) is 19.1 Å². The molecule has 1 atom stereocenters. The zero-order valence-corrected chi connectivity index (χ0v) is 11.4. The monoisotopic (exact) mass is 268 g/mol. The highest BCUT2D eigenvalue weighted by Crippen LogP contribution is 2.24. The van der Waals surface area contributed by atoms with E-state index in [1.165, 1.54) is 32.1 Å². The molecule has 1 saturated carbocycles. The first kappa shape index (κ1) is 14.3. The van der Waals surface area contributed by atoms with E-state index in [4.69, 9.17) is 5.11 Å². The van der Waals surface area contributed by atoms with Crippen LogP contribution in [0.1, 0.15) is 51.4 Å². The largest absolute Gasteiger partial charge is 0.481 e. The van der Waals surface area contributed by atoms with Gasteiger partial charge in [-0.25, -0.2) is 0 Å². The molecule has 2 aliphatic rings. The average Bonchev–Trinajstić information content (AvgIpc) is 2.31. The van der Waals surface area contributed by atoms with Crippen LogP contribution >= 0.6 is 0 Å². The minimum atomic E-state index is -0.891. The van der Waals surface area contributed by atoms with E-state index in [0.717, 1.165) is 19.4 Å². The van der Waals surface area contributed by atoms with Gasteiger partial charge in [0.15, 0.2) is 0 Å². The number of amides is 1. The molecule has 0 aromatic carbocycles. The first-order valence-corrected chi connectivity index (χ1v) is 7.44. The van der Waals surface area contributed by atoms with Gasteiger partial charge in [0.05, 0.1) is 12.5 Å². The molecule has 0 aromatic rings. The Balaban J connectivity index is 2.04. The first-order chi connectivity index (χ1) is 9.18. The number of nitrogens with zero attached hydrogens (tertiary/aromatic N) is 1. The Hall–Kier alpha value is -1.10. The summed E-state index contributed by atoms with van der Waals surface area (Å²) in [5.74, 6) is -1.01. The molecular weight excluding hydrogens is 244 g/mol. The summed E-state index contributed by atoms with van der Waals surface area (Å²) in [6, 6.07) is -0.0913. The fraction of sp³-hybridized carbons (Fsp3) is 0.857. The molecule has 108 valence electrons. The molecule has 0 bridgehead atoms. The number of rotatable bonds is 3.